The van der Waals surface area contributed by atoms with E-state index in [2.05, 4.69) is 137 Å². The molecule has 238 valence electrons. The number of rotatable bonds is 4. The summed E-state index contributed by atoms with van der Waals surface area (Å²) in [6.07, 6.45) is 0. The first-order valence-electron chi connectivity index (χ1n) is 17.0. The second-order valence-electron chi connectivity index (χ2n) is 12.8. The summed E-state index contributed by atoms with van der Waals surface area (Å²) in [5, 5.41) is 7.48. The third-order valence-corrected chi connectivity index (χ3v) is 11.2. The van der Waals surface area contributed by atoms with Gasteiger partial charge in [-0.15, -0.1) is 11.3 Å². The lowest BCUT2D eigenvalue weighted by Crippen LogP contribution is -2.06. The first-order chi connectivity index (χ1) is 25.3. The van der Waals surface area contributed by atoms with Crippen molar-refractivity contribution in [2.24, 2.45) is 0 Å². The summed E-state index contributed by atoms with van der Waals surface area (Å²) in [4.78, 5) is 15.3. The maximum atomic E-state index is 5.14. The molecule has 0 bridgehead atoms. The SMILES string of the molecule is c1ccc(-c2nc(-c3ccccc3)nc(-n3c4ccccc4c4c5sc6c(ccc7c6c6ccccc6n7-c6ccccc6)c5ccc43)n2)cc1. The Labute approximate surface area is 296 Å². The standard InChI is InChI=1S/C45H27N5S/c1-4-14-28(15-5-1)43-46-44(29-16-6-2-7-17-29)48-45(47-43)50-36-23-13-11-21-34(36)40-38(50)27-25-32-31-24-26-37-39(41(31)51-42(32)40)33-20-10-12-22-35(33)49(37)30-18-8-3-9-19-30/h1-27H. The van der Waals surface area contributed by atoms with Gasteiger partial charge in [0.25, 0.3) is 0 Å². The van der Waals surface area contributed by atoms with Crippen molar-refractivity contribution in [3.8, 4) is 34.4 Å². The van der Waals surface area contributed by atoms with Crippen LogP contribution in [-0.2, 0) is 0 Å². The third kappa shape index (κ3) is 4.17. The molecule has 0 radical (unpaired) electrons. The molecular formula is C45H27N5S. The number of hydrogen-bond donors (Lipinski definition) is 0. The first-order valence-corrected chi connectivity index (χ1v) is 17.9. The van der Waals surface area contributed by atoms with Crippen LogP contribution < -0.4 is 0 Å². The number of nitrogens with zero attached hydrogens (tertiary/aromatic N) is 5. The molecule has 7 aromatic carbocycles. The van der Waals surface area contributed by atoms with E-state index in [9.17, 15) is 0 Å². The van der Waals surface area contributed by atoms with Crippen LogP contribution in [0.25, 0.3) is 98.2 Å². The van der Waals surface area contributed by atoms with Crippen molar-refractivity contribution in [1.82, 2.24) is 24.1 Å². The molecule has 0 atom stereocenters. The molecule has 0 saturated heterocycles. The van der Waals surface area contributed by atoms with Gasteiger partial charge in [0, 0.05) is 58.5 Å². The molecule has 11 rings (SSSR count). The van der Waals surface area contributed by atoms with E-state index >= 15 is 0 Å². The fourth-order valence-electron chi connectivity index (χ4n) is 7.76. The summed E-state index contributed by atoms with van der Waals surface area (Å²) in [5.41, 5.74) is 7.62. The topological polar surface area (TPSA) is 48.5 Å². The smallest absolute Gasteiger partial charge is 0.238 e. The predicted molar refractivity (Wildman–Crippen MR) is 212 cm³/mol. The summed E-state index contributed by atoms with van der Waals surface area (Å²) in [6.45, 7) is 0. The minimum absolute atomic E-state index is 0.600. The van der Waals surface area contributed by atoms with Crippen molar-refractivity contribution in [2.45, 2.75) is 0 Å². The number of para-hydroxylation sites is 3. The van der Waals surface area contributed by atoms with Gasteiger partial charge in [0.2, 0.25) is 5.95 Å². The second kappa shape index (κ2) is 10.9. The minimum atomic E-state index is 0.600. The fourth-order valence-corrected chi connectivity index (χ4v) is 9.18. The van der Waals surface area contributed by atoms with E-state index in [1.54, 1.807) is 0 Å². The fraction of sp³-hybridized carbons (Fsp3) is 0. The monoisotopic (exact) mass is 669 g/mol. The highest BCUT2D eigenvalue weighted by atomic mass is 32.1. The van der Waals surface area contributed by atoms with E-state index in [0.717, 1.165) is 27.8 Å². The van der Waals surface area contributed by atoms with Gasteiger partial charge in [-0.2, -0.15) is 9.97 Å². The van der Waals surface area contributed by atoms with Gasteiger partial charge in [0.15, 0.2) is 11.6 Å². The highest BCUT2D eigenvalue weighted by Gasteiger charge is 2.22. The molecule has 0 aliphatic carbocycles. The zero-order chi connectivity index (χ0) is 33.5. The Morgan fingerprint density at radius 3 is 1.35 bits per heavy atom. The van der Waals surface area contributed by atoms with Crippen molar-refractivity contribution >= 4 is 75.1 Å². The molecule has 4 aromatic heterocycles. The van der Waals surface area contributed by atoms with E-state index in [4.69, 9.17) is 15.0 Å². The Morgan fingerprint density at radius 1 is 0.353 bits per heavy atom. The Morgan fingerprint density at radius 2 is 0.804 bits per heavy atom. The van der Waals surface area contributed by atoms with Crippen LogP contribution in [0.15, 0.2) is 164 Å². The van der Waals surface area contributed by atoms with Crippen LogP contribution in [-0.4, -0.2) is 24.1 Å². The molecule has 0 aliphatic heterocycles. The van der Waals surface area contributed by atoms with Gasteiger partial charge in [0.1, 0.15) is 0 Å². The molecule has 0 aliphatic rings. The van der Waals surface area contributed by atoms with Crippen LogP contribution in [0.3, 0.4) is 0 Å². The minimum Gasteiger partial charge on any atom is -0.309 e. The maximum absolute atomic E-state index is 5.14. The Balaban J connectivity index is 1.23. The Kier molecular flexibility index (Phi) is 6.05. The largest absolute Gasteiger partial charge is 0.309 e. The Bertz CT molecular complexity index is 3060. The van der Waals surface area contributed by atoms with E-state index in [-0.39, 0.29) is 0 Å². The summed E-state index contributed by atoms with van der Waals surface area (Å²) in [6, 6.07) is 57.5. The van der Waals surface area contributed by atoms with Crippen LogP contribution in [0, 0.1) is 0 Å². The van der Waals surface area contributed by atoms with E-state index < -0.39 is 0 Å². The van der Waals surface area contributed by atoms with Gasteiger partial charge in [0.05, 0.1) is 22.1 Å². The maximum Gasteiger partial charge on any atom is 0.238 e. The van der Waals surface area contributed by atoms with Crippen LogP contribution in [0.5, 0.6) is 0 Å². The van der Waals surface area contributed by atoms with E-state index in [0.29, 0.717) is 17.6 Å². The molecule has 0 amide bonds. The summed E-state index contributed by atoms with van der Waals surface area (Å²) in [7, 11) is 0. The lowest BCUT2D eigenvalue weighted by Gasteiger charge is -2.10. The van der Waals surface area contributed by atoms with E-state index in [1.807, 2.05) is 47.7 Å². The molecule has 0 spiro atoms. The van der Waals surface area contributed by atoms with Gasteiger partial charge < -0.3 is 4.57 Å². The molecule has 0 saturated carbocycles. The average Bonchev–Trinajstić information content (AvgIpc) is 3.86. The summed E-state index contributed by atoms with van der Waals surface area (Å²) < 4.78 is 7.18. The highest BCUT2D eigenvalue weighted by Crippen LogP contribution is 2.47. The lowest BCUT2D eigenvalue weighted by atomic mass is 10.1. The van der Waals surface area contributed by atoms with Crippen LogP contribution in [0.1, 0.15) is 0 Å². The summed E-state index contributed by atoms with van der Waals surface area (Å²) in [5.74, 6) is 1.89. The zero-order valence-electron chi connectivity index (χ0n) is 27.2. The number of hydrogen-bond acceptors (Lipinski definition) is 4. The normalized spacial score (nSPS) is 11.9. The van der Waals surface area contributed by atoms with Crippen molar-refractivity contribution in [3.63, 3.8) is 0 Å². The molecule has 6 heteroatoms. The van der Waals surface area contributed by atoms with Gasteiger partial charge in [-0.3, -0.25) is 4.57 Å². The first kappa shape index (κ1) is 28.2. The van der Waals surface area contributed by atoms with E-state index in [1.165, 1.54) is 52.8 Å². The van der Waals surface area contributed by atoms with Crippen LogP contribution in [0.2, 0.25) is 0 Å². The number of benzene rings is 7. The number of aromatic nitrogens is 5. The van der Waals surface area contributed by atoms with Crippen molar-refractivity contribution in [3.05, 3.63) is 164 Å². The molecule has 4 heterocycles. The quantitative estimate of drug-likeness (QED) is 0.187. The third-order valence-electron chi connectivity index (χ3n) is 9.98. The van der Waals surface area contributed by atoms with Crippen molar-refractivity contribution < 1.29 is 0 Å². The Hall–Kier alpha value is -6.63. The van der Waals surface area contributed by atoms with Gasteiger partial charge in [-0.25, -0.2) is 4.98 Å². The lowest BCUT2D eigenvalue weighted by molar-refractivity contribution is 0.953. The van der Waals surface area contributed by atoms with Gasteiger partial charge in [-0.05, 0) is 36.4 Å². The zero-order valence-corrected chi connectivity index (χ0v) is 28.0. The van der Waals surface area contributed by atoms with Gasteiger partial charge in [-0.1, -0.05) is 127 Å². The predicted octanol–water partition coefficient (Wildman–Crippen LogP) is 11.8. The van der Waals surface area contributed by atoms with Crippen molar-refractivity contribution in [2.75, 3.05) is 0 Å². The van der Waals surface area contributed by atoms with Gasteiger partial charge >= 0.3 is 0 Å². The highest BCUT2D eigenvalue weighted by molar-refractivity contribution is 7.27. The van der Waals surface area contributed by atoms with Crippen molar-refractivity contribution in [1.29, 1.82) is 0 Å². The van der Waals surface area contributed by atoms with Crippen LogP contribution >= 0.6 is 11.3 Å². The molecule has 0 N–H and O–H groups in total. The molecule has 51 heavy (non-hydrogen) atoms. The number of thiophene rings is 1. The molecular weight excluding hydrogens is 643 g/mol. The molecule has 0 fully saturated rings. The second-order valence-corrected chi connectivity index (χ2v) is 13.9. The number of fused-ring (bicyclic) bond motifs is 11. The molecule has 0 unspecified atom stereocenters. The average molecular weight is 670 g/mol. The summed E-state index contributed by atoms with van der Waals surface area (Å²) >= 11 is 1.89. The molecule has 11 aromatic rings. The van der Waals surface area contributed by atoms with Crippen LogP contribution in [0.4, 0.5) is 0 Å². The molecule has 5 nitrogen and oxygen atoms in total.